The van der Waals surface area contributed by atoms with Gasteiger partial charge in [-0.1, -0.05) is 30.3 Å². The average Bonchev–Trinajstić information content (AvgIpc) is 2.59. The number of hydrogen-bond donors (Lipinski definition) is 2. The highest BCUT2D eigenvalue weighted by atomic mass is 19.1. The first kappa shape index (κ1) is 17.9. The number of aliphatic hydroxyl groups excluding tert-OH is 1. The van der Waals surface area contributed by atoms with E-state index < -0.39 is 11.5 Å². The van der Waals surface area contributed by atoms with Crippen LogP contribution in [0, 0.1) is 5.82 Å². The monoisotopic (exact) mass is 331 g/mol. The van der Waals surface area contributed by atoms with Gasteiger partial charge in [-0.2, -0.15) is 0 Å². The molecule has 1 atom stereocenters. The van der Waals surface area contributed by atoms with Crippen LogP contribution in [-0.2, 0) is 10.2 Å². The van der Waals surface area contributed by atoms with Crippen molar-refractivity contribution in [1.82, 2.24) is 5.32 Å². The Morgan fingerprint density at radius 2 is 1.79 bits per heavy atom. The molecule has 4 nitrogen and oxygen atoms in total. The van der Waals surface area contributed by atoms with Crippen LogP contribution < -0.4 is 10.1 Å². The van der Waals surface area contributed by atoms with Crippen LogP contribution in [0.5, 0.6) is 5.75 Å². The second kappa shape index (κ2) is 7.93. The Hall–Kier alpha value is -2.40. The molecule has 0 aliphatic heterocycles. The summed E-state index contributed by atoms with van der Waals surface area (Å²) in [4.78, 5) is 12.4. The topological polar surface area (TPSA) is 58.6 Å². The fourth-order valence-corrected chi connectivity index (χ4v) is 2.20. The molecule has 0 aliphatic carbocycles. The highest BCUT2D eigenvalue weighted by molar-refractivity contribution is 5.87. The minimum absolute atomic E-state index is 0.0116. The molecule has 0 bridgehead atoms. The quantitative estimate of drug-likeness (QED) is 0.820. The largest absolute Gasteiger partial charge is 0.491 e. The number of hydrogen-bond acceptors (Lipinski definition) is 3. The van der Waals surface area contributed by atoms with Crippen LogP contribution in [0.15, 0.2) is 54.6 Å². The molecule has 1 unspecified atom stereocenters. The van der Waals surface area contributed by atoms with Gasteiger partial charge in [0.05, 0.1) is 5.41 Å². The van der Waals surface area contributed by atoms with Crippen molar-refractivity contribution in [2.24, 2.45) is 0 Å². The molecule has 128 valence electrons. The average molecular weight is 331 g/mol. The smallest absolute Gasteiger partial charge is 0.230 e. The van der Waals surface area contributed by atoms with E-state index in [4.69, 9.17) is 4.74 Å². The maximum atomic E-state index is 12.8. The molecule has 1 amide bonds. The Kier molecular flexibility index (Phi) is 5.93. The van der Waals surface area contributed by atoms with Crippen LogP contribution in [0.2, 0.25) is 0 Å². The zero-order valence-electron chi connectivity index (χ0n) is 13.8. The van der Waals surface area contributed by atoms with Crippen molar-refractivity contribution in [2.45, 2.75) is 25.4 Å². The number of amides is 1. The lowest BCUT2D eigenvalue weighted by atomic mass is 9.84. The Morgan fingerprint density at radius 1 is 1.17 bits per heavy atom. The molecule has 2 aromatic rings. The molecule has 2 aromatic carbocycles. The van der Waals surface area contributed by atoms with Crippen molar-refractivity contribution in [3.63, 3.8) is 0 Å². The van der Waals surface area contributed by atoms with E-state index in [9.17, 15) is 14.3 Å². The van der Waals surface area contributed by atoms with Crippen molar-refractivity contribution >= 4 is 5.91 Å². The molecule has 0 spiro atoms. The molecule has 0 aliphatic rings. The third-order valence-corrected chi connectivity index (χ3v) is 3.82. The maximum absolute atomic E-state index is 12.8. The summed E-state index contributed by atoms with van der Waals surface area (Å²) in [6.45, 7) is 3.76. The molecular formula is C19H22FNO3. The molecule has 0 aromatic heterocycles. The Balaban J connectivity index is 1.81. The first-order chi connectivity index (χ1) is 11.4. The van der Waals surface area contributed by atoms with Gasteiger partial charge in [-0.05, 0) is 43.7 Å². The van der Waals surface area contributed by atoms with E-state index in [-0.39, 0.29) is 24.9 Å². The van der Waals surface area contributed by atoms with Crippen LogP contribution >= 0.6 is 0 Å². The lowest BCUT2D eigenvalue weighted by Gasteiger charge is -2.25. The first-order valence-corrected chi connectivity index (χ1v) is 7.80. The Bertz CT molecular complexity index is 656. The van der Waals surface area contributed by atoms with Gasteiger partial charge in [0.25, 0.3) is 0 Å². The summed E-state index contributed by atoms with van der Waals surface area (Å²) in [6.07, 6.45) is -0.856. The summed E-state index contributed by atoms with van der Waals surface area (Å²) in [6, 6.07) is 15.0. The fourth-order valence-electron chi connectivity index (χ4n) is 2.20. The number of aliphatic hydroxyl groups is 1. The van der Waals surface area contributed by atoms with Gasteiger partial charge in [-0.15, -0.1) is 0 Å². The predicted molar refractivity (Wildman–Crippen MR) is 90.4 cm³/mol. The van der Waals surface area contributed by atoms with E-state index in [0.717, 1.165) is 5.56 Å². The number of ether oxygens (including phenoxy) is 1. The molecule has 0 fully saturated rings. The standard InChI is InChI=1S/C19H22FNO3/c1-19(2,14-6-4-3-5-7-14)18(23)21-12-16(22)13-24-17-10-8-15(20)9-11-17/h3-11,16,22H,12-13H2,1-2H3,(H,21,23). The SMILES string of the molecule is CC(C)(C(=O)NCC(O)COc1ccc(F)cc1)c1ccccc1. The van der Waals surface area contributed by atoms with Gasteiger partial charge in [-0.25, -0.2) is 4.39 Å². The molecule has 2 N–H and O–H groups in total. The Morgan fingerprint density at radius 3 is 2.42 bits per heavy atom. The van der Waals surface area contributed by atoms with Gasteiger partial charge in [0.15, 0.2) is 0 Å². The molecule has 0 saturated heterocycles. The predicted octanol–water partition coefficient (Wildman–Crippen LogP) is 2.66. The zero-order valence-corrected chi connectivity index (χ0v) is 13.8. The first-order valence-electron chi connectivity index (χ1n) is 7.80. The van der Waals surface area contributed by atoms with Gasteiger partial charge in [0, 0.05) is 6.54 Å². The van der Waals surface area contributed by atoms with E-state index >= 15 is 0 Å². The molecule has 5 heteroatoms. The molecule has 0 heterocycles. The second-order valence-corrected chi connectivity index (χ2v) is 6.12. The van der Waals surface area contributed by atoms with Crippen molar-refractivity contribution in [2.75, 3.05) is 13.2 Å². The lowest BCUT2D eigenvalue weighted by Crippen LogP contribution is -2.44. The van der Waals surface area contributed by atoms with E-state index in [1.54, 1.807) is 0 Å². The van der Waals surface area contributed by atoms with Gasteiger partial charge in [-0.3, -0.25) is 4.79 Å². The molecule has 0 saturated carbocycles. The van der Waals surface area contributed by atoms with Gasteiger partial charge in [0.1, 0.15) is 24.3 Å². The van der Waals surface area contributed by atoms with Crippen molar-refractivity contribution in [3.05, 3.63) is 66.0 Å². The summed E-state index contributed by atoms with van der Waals surface area (Å²) in [7, 11) is 0. The van der Waals surface area contributed by atoms with Crippen LogP contribution in [0.25, 0.3) is 0 Å². The second-order valence-electron chi connectivity index (χ2n) is 6.12. The Labute approximate surface area is 141 Å². The minimum Gasteiger partial charge on any atom is -0.491 e. The summed E-state index contributed by atoms with van der Waals surface area (Å²) < 4.78 is 18.2. The maximum Gasteiger partial charge on any atom is 0.230 e. The lowest BCUT2D eigenvalue weighted by molar-refractivity contribution is -0.126. The molecule has 24 heavy (non-hydrogen) atoms. The summed E-state index contributed by atoms with van der Waals surface area (Å²) in [5, 5.41) is 12.7. The molecular weight excluding hydrogens is 309 g/mol. The third-order valence-electron chi connectivity index (χ3n) is 3.82. The number of carbonyl (C=O) groups excluding carboxylic acids is 1. The molecule has 0 radical (unpaired) electrons. The van der Waals surface area contributed by atoms with Crippen LogP contribution in [0.3, 0.4) is 0 Å². The van der Waals surface area contributed by atoms with E-state index in [0.29, 0.717) is 5.75 Å². The van der Waals surface area contributed by atoms with Crippen LogP contribution in [0.1, 0.15) is 19.4 Å². The molecule has 2 rings (SSSR count). The van der Waals surface area contributed by atoms with E-state index in [1.165, 1.54) is 24.3 Å². The minimum atomic E-state index is -0.856. The van der Waals surface area contributed by atoms with Crippen molar-refractivity contribution in [1.29, 1.82) is 0 Å². The number of nitrogens with one attached hydrogen (secondary N) is 1. The summed E-state index contributed by atoms with van der Waals surface area (Å²) in [5.41, 5.74) is 0.207. The van der Waals surface area contributed by atoms with Crippen LogP contribution in [0.4, 0.5) is 4.39 Å². The zero-order chi connectivity index (χ0) is 17.6. The van der Waals surface area contributed by atoms with Crippen molar-refractivity contribution < 1.29 is 19.0 Å². The van der Waals surface area contributed by atoms with Gasteiger partial charge in [0.2, 0.25) is 5.91 Å². The summed E-state index contributed by atoms with van der Waals surface area (Å²) in [5.74, 6) is -0.0563. The highest BCUT2D eigenvalue weighted by Crippen LogP contribution is 2.22. The number of halogens is 1. The number of carbonyl (C=O) groups is 1. The number of rotatable bonds is 7. The normalized spacial score (nSPS) is 12.5. The fraction of sp³-hybridized carbons (Fsp3) is 0.316. The highest BCUT2D eigenvalue weighted by Gasteiger charge is 2.29. The van der Waals surface area contributed by atoms with Gasteiger partial charge < -0.3 is 15.2 Å². The van der Waals surface area contributed by atoms with Gasteiger partial charge >= 0.3 is 0 Å². The third kappa shape index (κ3) is 4.80. The van der Waals surface area contributed by atoms with E-state index in [2.05, 4.69) is 5.32 Å². The van der Waals surface area contributed by atoms with Crippen LogP contribution in [-0.4, -0.2) is 30.3 Å². The summed E-state index contributed by atoms with van der Waals surface area (Å²) >= 11 is 0. The van der Waals surface area contributed by atoms with E-state index in [1.807, 2.05) is 44.2 Å². The van der Waals surface area contributed by atoms with Crippen molar-refractivity contribution in [3.8, 4) is 5.75 Å². The number of benzene rings is 2.